The van der Waals surface area contributed by atoms with Crippen LogP contribution in [-0.4, -0.2) is 33.4 Å². The molecule has 0 atom stereocenters. The van der Waals surface area contributed by atoms with Gasteiger partial charge in [0.05, 0.1) is 4.90 Å². The summed E-state index contributed by atoms with van der Waals surface area (Å²) >= 11 is 0. The average molecular weight is 296 g/mol. The van der Waals surface area contributed by atoms with Gasteiger partial charge < -0.3 is 5.32 Å². The summed E-state index contributed by atoms with van der Waals surface area (Å²) < 4.78 is 26.5. The molecular formula is C15H24N2O2S. The summed E-state index contributed by atoms with van der Waals surface area (Å²) in [4.78, 5) is 0.370. The number of sulfonamides is 1. The van der Waals surface area contributed by atoms with Crippen molar-refractivity contribution in [3.63, 3.8) is 0 Å². The zero-order valence-corrected chi connectivity index (χ0v) is 13.1. The lowest BCUT2D eigenvalue weighted by atomic mass is 9.89. The molecule has 0 aliphatic heterocycles. The van der Waals surface area contributed by atoms with Gasteiger partial charge in [0, 0.05) is 26.3 Å². The van der Waals surface area contributed by atoms with Gasteiger partial charge in [0.15, 0.2) is 0 Å². The van der Waals surface area contributed by atoms with E-state index < -0.39 is 10.0 Å². The highest BCUT2D eigenvalue weighted by Crippen LogP contribution is 2.26. The molecular weight excluding hydrogens is 272 g/mol. The molecule has 1 fully saturated rings. The van der Waals surface area contributed by atoms with Crippen LogP contribution in [0.4, 0.5) is 5.69 Å². The third kappa shape index (κ3) is 3.52. The van der Waals surface area contributed by atoms with Gasteiger partial charge in [-0.3, -0.25) is 0 Å². The summed E-state index contributed by atoms with van der Waals surface area (Å²) in [6.45, 7) is 0.635. The topological polar surface area (TPSA) is 49.4 Å². The van der Waals surface area contributed by atoms with Crippen LogP contribution in [-0.2, 0) is 10.0 Å². The van der Waals surface area contributed by atoms with E-state index in [4.69, 9.17) is 0 Å². The molecule has 0 amide bonds. The van der Waals surface area contributed by atoms with Crippen molar-refractivity contribution < 1.29 is 8.42 Å². The molecule has 0 unspecified atom stereocenters. The van der Waals surface area contributed by atoms with Crippen molar-refractivity contribution in [1.82, 2.24) is 4.31 Å². The lowest BCUT2D eigenvalue weighted by molar-refractivity contribution is 0.300. The van der Waals surface area contributed by atoms with E-state index in [1.54, 1.807) is 31.3 Å². The quantitative estimate of drug-likeness (QED) is 0.909. The monoisotopic (exact) mass is 296 g/mol. The number of hydrogen-bond acceptors (Lipinski definition) is 3. The standard InChI is InChI=1S/C15H24N2O2S/c1-16-14-8-10-15(11-9-14)20(18,19)17(2)12-13-6-4-3-5-7-13/h8-11,13,16H,3-7,12H2,1-2H3. The molecule has 0 saturated heterocycles. The van der Waals surface area contributed by atoms with E-state index in [-0.39, 0.29) is 0 Å². The molecule has 5 heteroatoms. The third-order valence-electron chi connectivity index (χ3n) is 4.09. The fourth-order valence-corrected chi connectivity index (χ4v) is 4.05. The SMILES string of the molecule is CNc1ccc(S(=O)(=O)N(C)CC2CCCCC2)cc1. The average Bonchev–Trinajstić information content (AvgIpc) is 2.48. The Labute approximate surface area is 122 Å². The smallest absolute Gasteiger partial charge is 0.242 e. The first-order valence-corrected chi connectivity index (χ1v) is 8.72. The van der Waals surface area contributed by atoms with Gasteiger partial charge in [-0.05, 0) is 43.0 Å². The van der Waals surface area contributed by atoms with Crippen molar-refractivity contribution in [3.05, 3.63) is 24.3 Å². The van der Waals surface area contributed by atoms with Gasteiger partial charge in [-0.1, -0.05) is 19.3 Å². The van der Waals surface area contributed by atoms with Crippen molar-refractivity contribution >= 4 is 15.7 Å². The van der Waals surface area contributed by atoms with Crippen molar-refractivity contribution in [3.8, 4) is 0 Å². The maximum absolute atomic E-state index is 12.5. The summed E-state index contributed by atoms with van der Waals surface area (Å²) in [5, 5.41) is 2.99. The van der Waals surface area contributed by atoms with E-state index in [1.807, 2.05) is 7.05 Å². The van der Waals surface area contributed by atoms with Crippen LogP contribution in [0.2, 0.25) is 0 Å². The van der Waals surface area contributed by atoms with Crippen molar-refractivity contribution in [2.75, 3.05) is 26.0 Å². The molecule has 0 radical (unpaired) electrons. The molecule has 1 saturated carbocycles. The molecule has 1 aliphatic rings. The van der Waals surface area contributed by atoms with E-state index in [9.17, 15) is 8.42 Å². The molecule has 2 rings (SSSR count). The molecule has 4 nitrogen and oxygen atoms in total. The minimum Gasteiger partial charge on any atom is -0.388 e. The Morgan fingerprint density at radius 1 is 1.15 bits per heavy atom. The minimum atomic E-state index is -3.36. The molecule has 20 heavy (non-hydrogen) atoms. The number of benzene rings is 1. The Kier molecular flexibility index (Phi) is 5.05. The predicted molar refractivity (Wildman–Crippen MR) is 82.4 cm³/mol. The normalized spacial score (nSPS) is 17.4. The van der Waals surface area contributed by atoms with Gasteiger partial charge >= 0.3 is 0 Å². The van der Waals surface area contributed by atoms with E-state index in [0.29, 0.717) is 17.4 Å². The lowest BCUT2D eigenvalue weighted by Crippen LogP contribution is -2.32. The van der Waals surface area contributed by atoms with Crippen LogP contribution in [0.15, 0.2) is 29.2 Å². The third-order valence-corrected chi connectivity index (χ3v) is 5.93. The van der Waals surface area contributed by atoms with Crippen LogP contribution < -0.4 is 5.32 Å². The first kappa shape index (κ1) is 15.3. The van der Waals surface area contributed by atoms with Gasteiger partial charge in [-0.15, -0.1) is 0 Å². The van der Waals surface area contributed by atoms with Crippen LogP contribution in [0.25, 0.3) is 0 Å². The lowest BCUT2D eigenvalue weighted by Gasteiger charge is -2.26. The van der Waals surface area contributed by atoms with Crippen LogP contribution in [0, 0.1) is 5.92 Å². The molecule has 0 spiro atoms. The second-order valence-corrected chi connectivity index (χ2v) is 7.61. The summed E-state index contributed by atoms with van der Waals surface area (Å²) in [6.07, 6.45) is 6.06. The Morgan fingerprint density at radius 3 is 2.30 bits per heavy atom. The van der Waals surface area contributed by atoms with E-state index in [2.05, 4.69) is 5.32 Å². The van der Waals surface area contributed by atoms with Gasteiger partial charge in [-0.2, -0.15) is 0 Å². The Morgan fingerprint density at radius 2 is 1.75 bits per heavy atom. The molecule has 1 aliphatic carbocycles. The Balaban J connectivity index is 2.07. The molecule has 0 heterocycles. The zero-order valence-electron chi connectivity index (χ0n) is 12.3. The van der Waals surface area contributed by atoms with Gasteiger partial charge in [0.2, 0.25) is 10.0 Å². The summed E-state index contributed by atoms with van der Waals surface area (Å²) in [7, 11) is 0.151. The Bertz CT molecular complexity index is 519. The highest BCUT2D eigenvalue weighted by molar-refractivity contribution is 7.89. The second-order valence-electron chi connectivity index (χ2n) is 5.56. The molecule has 0 aromatic heterocycles. The number of nitrogens with one attached hydrogen (secondary N) is 1. The molecule has 0 bridgehead atoms. The van der Waals surface area contributed by atoms with Crippen molar-refractivity contribution in [2.24, 2.45) is 5.92 Å². The number of rotatable bonds is 5. The first-order valence-electron chi connectivity index (χ1n) is 7.28. The minimum absolute atomic E-state index is 0.370. The fraction of sp³-hybridized carbons (Fsp3) is 0.600. The highest BCUT2D eigenvalue weighted by Gasteiger charge is 2.24. The van der Waals surface area contributed by atoms with Gasteiger partial charge in [-0.25, -0.2) is 12.7 Å². The number of anilines is 1. The maximum Gasteiger partial charge on any atom is 0.242 e. The number of nitrogens with zero attached hydrogens (tertiary/aromatic N) is 1. The van der Waals surface area contributed by atoms with E-state index in [0.717, 1.165) is 18.5 Å². The van der Waals surface area contributed by atoms with Crippen LogP contribution in [0.3, 0.4) is 0 Å². The highest BCUT2D eigenvalue weighted by atomic mass is 32.2. The molecule has 112 valence electrons. The summed E-state index contributed by atoms with van der Waals surface area (Å²) in [5.41, 5.74) is 0.916. The van der Waals surface area contributed by atoms with Crippen molar-refractivity contribution in [1.29, 1.82) is 0 Å². The zero-order chi connectivity index (χ0) is 14.6. The maximum atomic E-state index is 12.5. The molecule has 1 aromatic carbocycles. The van der Waals surface area contributed by atoms with Crippen molar-refractivity contribution in [2.45, 2.75) is 37.0 Å². The van der Waals surface area contributed by atoms with E-state index in [1.165, 1.54) is 23.6 Å². The molecule has 1 aromatic rings. The van der Waals surface area contributed by atoms with Crippen LogP contribution in [0.5, 0.6) is 0 Å². The predicted octanol–water partition coefficient (Wildman–Crippen LogP) is 2.93. The van der Waals surface area contributed by atoms with Crippen LogP contribution in [0.1, 0.15) is 32.1 Å². The second kappa shape index (κ2) is 6.59. The number of hydrogen-bond donors (Lipinski definition) is 1. The fourth-order valence-electron chi connectivity index (χ4n) is 2.80. The largest absolute Gasteiger partial charge is 0.388 e. The van der Waals surface area contributed by atoms with E-state index >= 15 is 0 Å². The Hall–Kier alpha value is -1.07. The molecule has 1 N–H and O–H groups in total. The van der Waals surface area contributed by atoms with Gasteiger partial charge in [0.25, 0.3) is 0 Å². The first-order chi connectivity index (χ1) is 9.54. The summed E-state index contributed by atoms with van der Waals surface area (Å²) in [5.74, 6) is 0.514. The summed E-state index contributed by atoms with van der Waals surface area (Å²) in [6, 6.07) is 6.92. The van der Waals surface area contributed by atoms with Crippen LogP contribution >= 0.6 is 0 Å². The van der Waals surface area contributed by atoms with Gasteiger partial charge in [0.1, 0.15) is 0 Å².